The lowest BCUT2D eigenvalue weighted by atomic mass is 9.98. The third-order valence-corrected chi connectivity index (χ3v) is 8.09. The van der Waals surface area contributed by atoms with E-state index in [-0.39, 0.29) is 41.7 Å². The van der Waals surface area contributed by atoms with E-state index in [9.17, 15) is 18.0 Å². The number of piperidine rings is 1. The van der Waals surface area contributed by atoms with Crippen LogP contribution in [0.2, 0.25) is 0 Å². The fourth-order valence-corrected chi connectivity index (χ4v) is 5.69. The van der Waals surface area contributed by atoms with Gasteiger partial charge in [-0.15, -0.1) is 11.8 Å². The molecular formula is C18H24N2O5S2. The molecule has 2 aliphatic heterocycles. The number of fused-ring (bicyclic) bond motifs is 1. The molecule has 27 heavy (non-hydrogen) atoms. The number of rotatable bonds is 4. The van der Waals surface area contributed by atoms with Crippen molar-refractivity contribution in [2.45, 2.75) is 36.5 Å². The van der Waals surface area contributed by atoms with Crippen LogP contribution in [0.1, 0.15) is 26.7 Å². The van der Waals surface area contributed by atoms with Crippen molar-refractivity contribution in [2.24, 2.45) is 11.8 Å². The smallest absolute Gasteiger partial charge is 0.309 e. The fraction of sp³-hybridized carbons (Fsp3) is 0.556. The Balaban J connectivity index is 1.76. The van der Waals surface area contributed by atoms with Crippen LogP contribution in [0.25, 0.3) is 0 Å². The molecule has 3 rings (SSSR count). The van der Waals surface area contributed by atoms with Gasteiger partial charge in [-0.1, -0.05) is 6.92 Å². The van der Waals surface area contributed by atoms with Crippen LogP contribution in [0.3, 0.4) is 0 Å². The molecule has 1 aromatic rings. The van der Waals surface area contributed by atoms with Gasteiger partial charge in [0.25, 0.3) is 0 Å². The quantitative estimate of drug-likeness (QED) is 0.763. The first-order valence-corrected chi connectivity index (χ1v) is 11.5. The third kappa shape index (κ3) is 4.30. The van der Waals surface area contributed by atoms with E-state index in [1.54, 1.807) is 30.8 Å². The second kappa shape index (κ2) is 8.20. The average molecular weight is 413 g/mol. The van der Waals surface area contributed by atoms with Crippen LogP contribution in [0.5, 0.6) is 0 Å². The number of carbonyl (C=O) groups excluding carboxylic acids is 2. The van der Waals surface area contributed by atoms with Gasteiger partial charge in [0.1, 0.15) is 0 Å². The first-order valence-electron chi connectivity index (χ1n) is 9.07. The molecule has 7 nitrogen and oxygen atoms in total. The maximum Gasteiger partial charge on any atom is 0.309 e. The zero-order valence-electron chi connectivity index (χ0n) is 15.4. The summed E-state index contributed by atoms with van der Waals surface area (Å²) in [6.45, 7) is 4.49. The van der Waals surface area contributed by atoms with E-state index in [0.717, 1.165) is 4.90 Å². The van der Waals surface area contributed by atoms with Gasteiger partial charge in [0.15, 0.2) is 0 Å². The standard InChI is InChI=1S/C18H24N2O5S2/c1-3-25-18(22)13-6-8-20(9-7-13)27(23,24)14-4-5-16-15(10-14)19-17(21)12(2)11-26-16/h4-5,10,12-13H,3,6-9,11H2,1-2H3,(H,19,21)/t12-/m0/s1. The molecule has 1 amide bonds. The minimum Gasteiger partial charge on any atom is -0.466 e. The number of ether oxygens (including phenoxy) is 1. The Morgan fingerprint density at radius 3 is 2.70 bits per heavy atom. The molecule has 0 bridgehead atoms. The molecule has 1 atom stereocenters. The Labute approximate surface area is 163 Å². The highest BCUT2D eigenvalue weighted by atomic mass is 32.2. The summed E-state index contributed by atoms with van der Waals surface area (Å²) in [4.78, 5) is 24.9. The molecule has 0 unspecified atom stereocenters. The van der Waals surface area contributed by atoms with Gasteiger partial charge in [-0.3, -0.25) is 9.59 Å². The van der Waals surface area contributed by atoms with Gasteiger partial charge in [0.05, 0.1) is 23.1 Å². The highest BCUT2D eigenvalue weighted by Crippen LogP contribution is 2.35. The summed E-state index contributed by atoms with van der Waals surface area (Å²) in [5.74, 6) is -0.0868. The normalized spacial score (nSPS) is 21.9. The van der Waals surface area contributed by atoms with Crippen LogP contribution >= 0.6 is 11.8 Å². The summed E-state index contributed by atoms with van der Waals surface area (Å²) >= 11 is 1.54. The van der Waals surface area contributed by atoms with Crippen LogP contribution in [0, 0.1) is 11.8 Å². The number of esters is 1. The Morgan fingerprint density at radius 2 is 2.04 bits per heavy atom. The second-order valence-corrected chi connectivity index (χ2v) is 9.79. The molecule has 1 fully saturated rings. The number of amides is 1. The molecule has 0 aromatic heterocycles. The lowest BCUT2D eigenvalue weighted by Crippen LogP contribution is -2.40. The van der Waals surface area contributed by atoms with Gasteiger partial charge in [-0.05, 0) is 38.0 Å². The van der Waals surface area contributed by atoms with Crippen LogP contribution in [-0.4, -0.2) is 50.0 Å². The van der Waals surface area contributed by atoms with Crippen LogP contribution in [-0.2, 0) is 24.3 Å². The van der Waals surface area contributed by atoms with E-state index in [2.05, 4.69) is 5.32 Å². The topological polar surface area (TPSA) is 92.8 Å². The zero-order valence-corrected chi connectivity index (χ0v) is 17.1. The highest BCUT2D eigenvalue weighted by Gasteiger charge is 2.33. The number of carbonyl (C=O) groups is 2. The molecule has 0 saturated carbocycles. The lowest BCUT2D eigenvalue weighted by Gasteiger charge is -2.30. The van der Waals surface area contributed by atoms with Gasteiger partial charge in [0.2, 0.25) is 15.9 Å². The lowest BCUT2D eigenvalue weighted by molar-refractivity contribution is -0.149. The molecule has 9 heteroatoms. The number of nitrogens with one attached hydrogen (secondary N) is 1. The number of hydrogen-bond acceptors (Lipinski definition) is 6. The number of nitrogens with zero attached hydrogens (tertiary/aromatic N) is 1. The minimum atomic E-state index is -3.68. The van der Waals surface area contributed by atoms with Crippen molar-refractivity contribution in [3.05, 3.63) is 18.2 Å². The minimum absolute atomic E-state index is 0.106. The van der Waals surface area contributed by atoms with E-state index >= 15 is 0 Å². The SMILES string of the molecule is CCOC(=O)C1CCN(S(=O)(=O)c2ccc3c(c2)NC(=O)[C@@H](C)CS3)CC1. The van der Waals surface area contributed by atoms with E-state index < -0.39 is 10.0 Å². The molecule has 1 N–H and O–H groups in total. The average Bonchev–Trinajstić information content (AvgIpc) is 2.80. The number of sulfonamides is 1. The largest absolute Gasteiger partial charge is 0.466 e. The van der Waals surface area contributed by atoms with E-state index in [1.165, 1.54) is 10.4 Å². The van der Waals surface area contributed by atoms with Crippen LogP contribution in [0.4, 0.5) is 5.69 Å². The van der Waals surface area contributed by atoms with Crippen molar-refractivity contribution in [3.8, 4) is 0 Å². The molecule has 2 heterocycles. The van der Waals surface area contributed by atoms with E-state index in [1.807, 2.05) is 6.92 Å². The van der Waals surface area contributed by atoms with Crippen molar-refractivity contribution < 1.29 is 22.7 Å². The van der Waals surface area contributed by atoms with Crippen molar-refractivity contribution in [1.82, 2.24) is 4.31 Å². The Kier molecular flexibility index (Phi) is 6.12. The molecule has 0 spiro atoms. The van der Waals surface area contributed by atoms with Crippen molar-refractivity contribution in [1.29, 1.82) is 0 Å². The van der Waals surface area contributed by atoms with Gasteiger partial charge in [-0.25, -0.2) is 8.42 Å². The van der Waals surface area contributed by atoms with Crippen molar-refractivity contribution >= 4 is 39.3 Å². The maximum absolute atomic E-state index is 13.0. The molecule has 0 aliphatic carbocycles. The van der Waals surface area contributed by atoms with Gasteiger partial charge < -0.3 is 10.1 Å². The van der Waals surface area contributed by atoms with Crippen molar-refractivity contribution in [2.75, 3.05) is 30.8 Å². The summed E-state index contributed by atoms with van der Waals surface area (Å²) in [5.41, 5.74) is 0.539. The molecule has 148 valence electrons. The fourth-order valence-electron chi connectivity index (χ4n) is 3.18. The van der Waals surface area contributed by atoms with E-state index in [0.29, 0.717) is 30.9 Å². The first kappa shape index (κ1) is 20.2. The number of hydrogen-bond donors (Lipinski definition) is 1. The predicted molar refractivity (Wildman–Crippen MR) is 103 cm³/mol. The maximum atomic E-state index is 13.0. The monoisotopic (exact) mass is 412 g/mol. The first-order chi connectivity index (χ1) is 12.8. The Bertz CT molecular complexity index is 832. The van der Waals surface area contributed by atoms with Gasteiger partial charge in [0, 0.05) is 29.7 Å². The molecule has 1 aromatic carbocycles. The van der Waals surface area contributed by atoms with Gasteiger partial charge >= 0.3 is 5.97 Å². The second-order valence-electron chi connectivity index (χ2n) is 6.79. The molecule has 1 saturated heterocycles. The van der Waals surface area contributed by atoms with Gasteiger partial charge in [-0.2, -0.15) is 4.31 Å². The van der Waals surface area contributed by atoms with Crippen LogP contribution in [0.15, 0.2) is 28.0 Å². The summed E-state index contributed by atoms with van der Waals surface area (Å²) in [7, 11) is -3.68. The summed E-state index contributed by atoms with van der Waals surface area (Å²) < 4.78 is 32.4. The molecular weight excluding hydrogens is 388 g/mol. The van der Waals surface area contributed by atoms with E-state index in [4.69, 9.17) is 4.74 Å². The van der Waals surface area contributed by atoms with Crippen molar-refractivity contribution in [3.63, 3.8) is 0 Å². The van der Waals surface area contributed by atoms with Crippen LogP contribution < -0.4 is 5.32 Å². The summed E-state index contributed by atoms with van der Waals surface area (Å²) in [6, 6.07) is 4.86. The summed E-state index contributed by atoms with van der Waals surface area (Å²) in [6.07, 6.45) is 0.903. The summed E-state index contributed by atoms with van der Waals surface area (Å²) in [5, 5.41) is 2.82. The zero-order chi connectivity index (χ0) is 19.6. The Hall–Kier alpha value is -1.58. The number of benzene rings is 1. The number of anilines is 1. The number of thioether (sulfide) groups is 1. The predicted octanol–water partition coefficient (Wildman–Crippen LogP) is 2.33. The molecule has 0 radical (unpaired) electrons. The molecule has 2 aliphatic rings. The third-order valence-electron chi connectivity index (χ3n) is 4.86. The highest BCUT2D eigenvalue weighted by molar-refractivity contribution is 7.99. The Morgan fingerprint density at radius 1 is 1.33 bits per heavy atom.